The maximum absolute atomic E-state index is 12.6. The highest BCUT2D eigenvalue weighted by atomic mass is 32.2. The van der Waals surface area contributed by atoms with E-state index in [9.17, 15) is 17.4 Å². The third-order valence-electron chi connectivity index (χ3n) is 1.34. The lowest BCUT2D eigenvalue weighted by molar-refractivity contribution is -1.16. The SMILES string of the molecule is CCN(CC)[N+](F)(F)S(=O)(=O)O. The van der Waals surface area contributed by atoms with E-state index in [-0.39, 0.29) is 18.1 Å². The molecule has 0 amide bonds. The third-order valence-corrected chi connectivity index (χ3v) is 2.12. The van der Waals surface area contributed by atoms with Crippen LogP contribution in [0.25, 0.3) is 0 Å². The first-order valence-electron chi connectivity index (χ1n) is 3.28. The monoisotopic (exact) mass is 205 g/mol. The van der Waals surface area contributed by atoms with Crippen molar-refractivity contribution in [3.8, 4) is 0 Å². The Hall–Kier alpha value is -0.310. The van der Waals surface area contributed by atoms with Gasteiger partial charge in [0.1, 0.15) is 0 Å². The van der Waals surface area contributed by atoms with E-state index < -0.39 is 14.7 Å². The van der Waals surface area contributed by atoms with Crippen molar-refractivity contribution in [2.24, 2.45) is 0 Å². The molecule has 1 N–H and O–H groups in total. The van der Waals surface area contributed by atoms with Crippen LogP contribution in [-0.4, -0.2) is 35.5 Å². The van der Waals surface area contributed by atoms with Gasteiger partial charge in [-0.05, 0) is 13.8 Å². The molecule has 0 aliphatic heterocycles. The molecule has 0 aliphatic carbocycles. The number of nitrogens with zero attached hydrogens (tertiary/aromatic N) is 2. The number of rotatable bonds is 4. The zero-order chi connectivity index (χ0) is 9.99. The van der Waals surface area contributed by atoms with E-state index in [0.717, 1.165) is 0 Å². The van der Waals surface area contributed by atoms with Gasteiger partial charge in [-0.1, -0.05) is 5.01 Å². The Morgan fingerprint density at radius 1 is 1.33 bits per heavy atom. The van der Waals surface area contributed by atoms with Crippen LogP contribution >= 0.6 is 0 Å². The van der Waals surface area contributed by atoms with Crippen molar-refractivity contribution in [3.05, 3.63) is 0 Å². The maximum atomic E-state index is 12.6. The molecular formula is C4H11F2N2O3S+. The van der Waals surface area contributed by atoms with Gasteiger partial charge in [-0.2, -0.15) is 0 Å². The van der Waals surface area contributed by atoms with Gasteiger partial charge < -0.3 is 0 Å². The average molecular weight is 205 g/mol. The predicted octanol–water partition coefficient (Wildman–Crippen LogP) is 0.632. The summed E-state index contributed by atoms with van der Waals surface area (Å²) in [5.41, 5.74) is 0. The average Bonchev–Trinajstić information content (AvgIpc) is 1.87. The fourth-order valence-corrected chi connectivity index (χ4v) is 1.22. The van der Waals surface area contributed by atoms with Crippen molar-refractivity contribution in [2.75, 3.05) is 13.1 Å². The Morgan fingerprint density at radius 3 is 1.75 bits per heavy atom. The van der Waals surface area contributed by atoms with Crippen molar-refractivity contribution in [1.29, 1.82) is 0 Å². The van der Waals surface area contributed by atoms with Gasteiger partial charge in [0.25, 0.3) is 4.44 Å². The Labute approximate surface area is 69.5 Å². The fourth-order valence-electron chi connectivity index (χ4n) is 0.699. The van der Waals surface area contributed by atoms with E-state index in [0.29, 0.717) is 0 Å². The summed E-state index contributed by atoms with van der Waals surface area (Å²) in [5, 5.41) is 0.287. The van der Waals surface area contributed by atoms with E-state index in [1.807, 2.05) is 0 Å². The van der Waals surface area contributed by atoms with Crippen LogP contribution in [0.3, 0.4) is 0 Å². The van der Waals surface area contributed by atoms with E-state index in [2.05, 4.69) is 0 Å². The fraction of sp³-hybridized carbons (Fsp3) is 1.00. The molecule has 0 heterocycles. The normalized spacial score (nSPS) is 13.8. The molecule has 0 fully saturated rings. The van der Waals surface area contributed by atoms with Crippen molar-refractivity contribution in [1.82, 2.24) is 5.01 Å². The third kappa shape index (κ3) is 2.09. The first-order chi connectivity index (χ1) is 5.27. The van der Waals surface area contributed by atoms with Gasteiger partial charge in [-0.25, -0.2) is 4.55 Å². The largest absolute Gasteiger partial charge is 0.530 e. The van der Waals surface area contributed by atoms with Crippen LogP contribution in [0, 0.1) is 0 Å². The Kier molecular flexibility index (Phi) is 3.51. The molecule has 0 spiro atoms. The van der Waals surface area contributed by atoms with Gasteiger partial charge >= 0.3 is 10.3 Å². The first kappa shape index (κ1) is 11.7. The summed E-state index contributed by atoms with van der Waals surface area (Å²) in [4.78, 5) is 0. The smallest absolute Gasteiger partial charge is 0.234 e. The van der Waals surface area contributed by atoms with Gasteiger partial charge in [-0.3, -0.25) is 0 Å². The van der Waals surface area contributed by atoms with Gasteiger partial charge in [0.2, 0.25) is 0 Å². The van der Waals surface area contributed by atoms with E-state index >= 15 is 0 Å². The zero-order valence-electron chi connectivity index (χ0n) is 6.74. The second-order valence-corrected chi connectivity index (χ2v) is 3.36. The van der Waals surface area contributed by atoms with E-state index in [4.69, 9.17) is 4.55 Å². The maximum Gasteiger partial charge on any atom is 0.530 e. The number of halogens is 2. The quantitative estimate of drug-likeness (QED) is 0.415. The second-order valence-electron chi connectivity index (χ2n) is 2.02. The number of quaternary nitrogens is 1. The molecule has 0 aromatic carbocycles. The molecule has 0 aromatic rings. The molecule has 0 unspecified atom stereocenters. The van der Waals surface area contributed by atoms with Gasteiger partial charge in [-0.15, -0.1) is 8.42 Å². The Balaban J connectivity index is 4.83. The molecular weight excluding hydrogens is 194 g/mol. The number of hydrogen-bond donors (Lipinski definition) is 1. The zero-order valence-corrected chi connectivity index (χ0v) is 7.55. The van der Waals surface area contributed by atoms with Gasteiger partial charge in [0.05, 0.1) is 22.1 Å². The summed E-state index contributed by atoms with van der Waals surface area (Å²) in [6, 6.07) is 0. The Bertz CT molecular complexity index is 237. The highest BCUT2D eigenvalue weighted by Crippen LogP contribution is 2.20. The minimum absolute atomic E-state index is 0.177. The van der Waals surface area contributed by atoms with Crippen LogP contribution in [0.15, 0.2) is 0 Å². The van der Waals surface area contributed by atoms with Crippen LogP contribution in [0.2, 0.25) is 0 Å². The molecule has 0 aromatic heterocycles. The molecule has 0 radical (unpaired) electrons. The summed E-state index contributed by atoms with van der Waals surface area (Å²) >= 11 is 0. The van der Waals surface area contributed by atoms with Crippen LogP contribution in [0.4, 0.5) is 8.96 Å². The lowest BCUT2D eigenvalue weighted by atomic mass is 10.6. The molecule has 5 nitrogen and oxygen atoms in total. The summed E-state index contributed by atoms with van der Waals surface area (Å²) in [6.07, 6.45) is 0. The molecule has 0 bridgehead atoms. The standard InChI is InChI=1S/C4H10F2N2O3S/c1-3-7(4-2)8(5,6)12(9,10)11/h3-4H2,1-2H3/p+1. The highest BCUT2D eigenvalue weighted by molar-refractivity contribution is 7.79. The van der Waals surface area contributed by atoms with E-state index in [1.54, 1.807) is 0 Å². The lowest BCUT2D eigenvalue weighted by Crippen LogP contribution is -2.51. The van der Waals surface area contributed by atoms with Crippen molar-refractivity contribution < 1.29 is 26.4 Å². The van der Waals surface area contributed by atoms with Crippen LogP contribution in [0.5, 0.6) is 0 Å². The van der Waals surface area contributed by atoms with Crippen LogP contribution in [0.1, 0.15) is 13.8 Å². The summed E-state index contributed by atoms with van der Waals surface area (Å²) < 4.78 is 50.2. The Morgan fingerprint density at radius 2 is 1.67 bits per heavy atom. The summed E-state index contributed by atoms with van der Waals surface area (Å²) in [6.45, 7) is 2.37. The van der Waals surface area contributed by atoms with E-state index in [1.165, 1.54) is 13.8 Å². The van der Waals surface area contributed by atoms with Crippen molar-refractivity contribution >= 4 is 10.3 Å². The molecule has 0 atom stereocenters. The van der Waals surface area contributed by atoms with Gasteiger partial charge in [0, 0.05) is 0 Å². The molecule has 74 valence electrons. The highest BCUT2D eigenvalue weighted by Gasteiger charge is 2.52. The summed E-state index contributed by atoms with van der Waals surface area (Å²) in [7, 11) is -5.40. The molecule has 0 rings (SSSR count). The number of hydrogen-bond acceptors (Lipinski definition) is 3. The second kappa shape index (κ2) is 3.60. The molecule has 0 saturated heterocycles. The minimum atomic E-state index is -5.40. The first-order valence-corrected chi connectivity index (χ1v) is 4.68. The summed E-state index contributed by atoms with van der Waals surface area (Å²) in [5.74, 6) is 0. The topological polar surface area (TPSA) is 57.6 Å². The minimum Gasteiger partial charge on any atom is -0.234 e. The van der Waals surface area contributed by atoms with Crippen LogP contribution in [-0.2, 0) is 10.3 Å². The van der Waals surface area contributed by atoms with Crippen molar-refractivity contribution in [2.45, 2.75) is 13.8 Å². The predicted molar refractivity (Wildman–Crippen MR) is 36.9 cm³/mol. The molecule has 0 aliphatic rings. The molecule has 12 heavy (non-hydrogen) atoms. The van der Waals surface area contributed by atoms with Crippen molar-refractivity contribution in [3.63, 3.8) is 0 Å². The van der Waals surface area contributed by atoms with Crippen LogP contribution < -0.4 is 0 Å². The van der Waals surface area contributed by atoms with Gasteiger partial charge in [0.15, 0.2) is 0 Å². The molecule has 0 saturated carbocycles. The molecule has 8 heteroatoms. The lowest BCUT2D eigenvalue weighted by Gasteiger charge is -2.19.